The molecular weight excluding hydrogens is 360 g/mol. The third-order valence-corrected chi connectivity index (χ3v) is 3.45. The van der Waals surface area contributed by atoms with Gasteiger partial charge in [-0.1, -0.05) is 28.9 Å². The van der Waals surface area contributed by atoms with Crippen LogP contribution >= 0.6 is 15.9 Å². The Bertz CT molecular complexity index is 686. The molecule has 2 N–H and O–H groups in total. The molecule has 23 heavy (non-hydrogen) atoms. The molecule has 0 aliphatic rings. The van der Waals surface area contributed by atoms with Crippen LogP contribution in [-0.2, 0) is 0 Å². The highest BCUT2D eigenvalue weighted by Crippen LogP contribution is 2.19. The van der Waals surface area contributed by atoms with Crippen LogP contribution in [-0.4, -0.2) is 18.5 Å². The number of benzene rings is 2. The van der Waals surface area contributed by atoms with Gasteiger partial charge in [-0.05, 0) is 42.8 Å². The summed E-state index contributed by atoms with van der Waals surface area (Å²) in [5.41, 5.74) is 1.01. The second-order valence-electron chi connectivity index (χ2n) is 4.81. The number of carbonyl (C=O) groups excluding carboxylic acids is 2. The van der Waals surface area contributed by atoms with Gasteiger partial charge >= 0.3 is 12.0 Å². The molecule has 0 fully saturated rings. The lowest BCUT2D eigenvalue weighted by atomic mass is 10.2. The van der Waals surface area contributed by atoms with Crippen molar-refractivity contribution in [3.05, 3.63) is 58.6 Å². The zero-order valence-corrected chi connectivity index (χ0v) is 14.2. The van der Waals surface area contributed by atoms with Crippen LogP contribution in [0.15, 0.2) is 53.0 Å². The number of hydrogen-bond acceptors (Lipinski definition) is 3. The van der Waals surface area contributed by atoms with Crippen LogP contribution in [0.5, 0.6) is 5.75 Å². The molecule has 0 saturated heterocycles. The van der Waals surface area contributed by atoms with Gasteiger partial charge in [0.15, 0.2) is 0 Å². The summed E-state index contributed by atoms with van der Waals surface area (Å²) >= 11 is 3.31. The molecule has 0 heterocycles. The Labute approximate surface area is 143 Å². The van der Waals surface area contributed by atoms with E-state index in [1.54, 1.807) is 48.5 Å². The Morgan fingerprint density at radius 2 is 1.87 bits per heavy atom. The minimum Gasteiger partial charge on any atom is -0.423 e. The molecule has 0 unspecified atom stereocenters. The minimum atomic E-state index is -0.454. The van der Waals surface area contributed by atoms with Gasteiger partial charge in [0.2, 0.25) is 0 Å². The zero-order valence-electron chi connectivity index (χ0n) is 12.6. The fourth-order valence-corrected chi connectivity index (χ4v) is 2.07. The lowest BCUT2D eigenvalue weighted by Gasteiger charge is -2.09. The van der Waals surface area contributed by atoms with Crippen LogP contribution in [0.4, 0.5) is 10.5 Å². The molecule has 0 radical (unpaired) electrons. The van der Waals surface area contributed by atoms with Crippen LogP contribution in [0.1, 0.15) is 23.7 Å². The predicted octanol–water partition coefficient (Wildman–Crippen LogP) is 4.20. The fourth-order valence-electron chi connectivity index (χ4n) is 1.80. The van der Waals surface area contributed by atoms with Crippen LogP contribution < -0.4 is 15.4 Å². The van der Waals surface area contributed by atoms with Crippen LogP contribution in [0.2, 0.25) is 0 Å². The topological polar surface area (TPSA) is 67.4 Å². The standard InChI is InChI=1S/C17H17BrN2O3/c1-2-10-19-17(22)20-14-4-3-5-15(11-14)23-16(21)12-6-8-13(18)9-7-12/h3-9,11H,2,10H2,1H3,(H2,19,20,22). The van der Waals surface area contributed by atoms with Crippen molar-refractivity contribution in [1.82, 2.24) is 5.32 Å². The van der Waals surface area contributed by atoms with E-state index >= 15 is 0 Å². The first-order valence-corrected chi connectivity index (χ1v) is 8.00. The van der Waals surface area contributed by atoms with E-state index in [9.17, 15) is 9.59 Å². The lowest BCUT2D eigenvalue weighted by molar-refractivity contribution is 0.0735. The first kappa shape index (κ1) is 17.0. The number of ether oxygens (including phenoxy) is 1. The largest absolute Gasteiger partial charge is 0.423 e. The first-order chi connectivity index (χ1) is 11.1. The van der Waals surface area contributed by atoms with Gasteiger partial charge in [0.1, 0.15) is 5.75 Å². The number of anilines is 1. The highest BCUT2D eigenvalue weighted by atomic mass is 79.9. The van der Waals surface area contributed by atoms with Gasteiger partial charge in [-0.25, -0.2) is 9.59 Å². The molecule has 2 aromatic rings. The van der Waals surface area contributed by atoms with Crippen LogP contribution in [0.3, 0.4) is 0 Å². The second-order valence-corrected chi connectivity index (χ2v) is 5.72. The highest BCUT2D eigenvalue weighted by Gasteiger charge is 2.09. The average Bonchev–Trinajstić information content (AvgIpc) is 2.54. The smallest absolute Gasteiger partial charge is 0.343 e. The molecule has 120 valence electrons. The Kier molecular flexibility index (Phi) is 6.17. The van der Waals surface area contributed by atoms with E-state index < -0.39 is 5.97 Å². The van der Waals surface area contributed by atoms with Gasteiger partial charge in [0, 0.05) is 22.8 Å². The van der Waals surface area contributed by atoms with Crippen molar-refractivity contribution in [1.29, 1.82) is 0 Å². The van der Waals surface area contributed by atoms with E-state index in [0.717, 1.165) is 10.9 Å². The summed E-state index contributed by atoms with van der Waals surface area (Å²) < 4.78 is 6.21. The number of carbonyl (C=O) groups is 2. The normalized spacial score (nSPS) is 10.0. The summed E-state index contributed by atoms with van der Waals surface area (Å²) in [6.45, 7) is 2.58. The Morgan fingerprint density at radius 3 is 2.57 bits per heavy atom. The number of hydrogen-bond donors (Lipinski definition) is 2. The molecule has 0 aliphatic heterocycles. The molecule has 0 bridgehead atoms. The molecule has 6 heteroatoms. The summed E-state index contributed by atoms with van der Waals surface area (Å²) in [6.07, 6.45) is 0.859. The van der Waals surface area contributed by atoms with Crippen molar-refractivity contribution < 1.29 is 14.3 Å². The zero-order chi connectivity index (χ0) is 16.7. The Morgan fingerprint density at radius 1 is 1.13 bits per heavy atom. The first-order valence-electron chi connectivity index (χ1n) is 7.21. The summed E-state index contributed by atoms with van der Waals surface area (Å²) in [5, 5.41) is 5.40. The molecule has 2 aromatic carbocycles. The number of urea groups is 1. The molecule has 2 rings (SSSR count). The van der Waals surface area contributed by atoms with E-state index in [2.05, 4.69) is 26.6 Å². The van der Waals surface area contributed by atoms with Crippen molar-refractivity contribution in [2.45, 2.75) is 13.3 Å². The number of esters is 1. The molecule has 0 saturated carbocycles. The number of amides is 2. The average molecular weight is 377 g/mol. The maximum absolute atomic E-state index is 12.1. The van der Waals surface area contributed by atoms with Crippen molar-refractivity contribution in [3.8, 4) is 5.75 Å². The van der Waals surface area contributed by atoms with Crippen molar-refractivity contribution in [2.24, 2.45) is 0 Å². The summed E-state index contributed by atoms with van der Waals surface area (Å²) in [7, 11) is 0. The predicted molar refractivity (Wildman–Crippen MR) is 92.9 cm³/mol. The van der Waals surface area contributed by atoms with Crippen LogP contribution in [0, 0.1) is 0 Å². The molecule has 5 nitrogen and oxygen atoms in total. The molecule has 0 spiro atoms. The van der Waals surface area contributed by atoms with E-state index in [-0.39, 0.29) is 6.03 Å². The highest BCUT2D eigenvalue weighted by molar-refractivity contribution is 9.10. The molecular formula is C17H17BrN2O3. The molecule has 2 amide bonds. The van der Waals surface area contributed by atoms with Gasteiger partial charge < -0.3 is 15.4 Å². The Balaban J connectivity index is 2.00. The maximum Gasteiger partial charge on any atom is 0.343 e. The number of halogens is 1. The van der Waals surface area contributed by atoms with E-state index in [1.165, 1.54) is 0 Å². The van der Waals surface area contributed by atoms with Crippen molar-refractivity contribution in [2.75, 3.05) is 11.9 Å². The molecule has 0 aromatic heterocycles. The summed E-state index contributed by atoms with van der Waals surface area (Å²) in [6, 6.07) is 13.3. The monoisotopic (exact) mass is 376 g/mol. The van der Waals surface area contributed by atoms with Gasteiger partial charge in [-0.3, -0.25) is 0 Å². The second kappa shape index (κ2) is 8.33. The number of rotatable bonds is 5. The van der Waals surface area contributed by atoms with E-state index in [4.69, 9.17) is 4.74 Å². The lowest BCUT2D eigenvalue weighted by Crippen LogP contribution is -2.29. The van der Waals surface area contributed by atoms with Gasteiger partial charge in [-0.2, -0.15) is 0 Å². The summed E-state index contributed by atoms with van der Waals surface area (Å²) in [5.74, 6) is -0.0868. The van der Waals surface area contributed by atoms with Crippen LogP contribution in [0.25, 0.3) is 0 Å². The quantitative estimate of drug-likeness (QED) is 0.606. The molecule has 0 aliphatic carbocycles. The Hall–Kier alpha value is -2.34. The van der Waals surface area contributed by atoms with Gasteiger partial charge in [0.05, 0.1) is 5.56 Å². The minimum absolute atomic E-state index is 0.289. The third-order valence-electron chi connectivity index (χ3n) is 2.92. The molecule has 0 atom stereocenters. The van der Waals surface area contributed by atoms with E-state index in [1.807, 2.05) is 6.92 Å². The maximum atomic E-state index is 12.1. The fraction of sp³-hybridized carbons (Fsp3) is 0.176. The SMILES string of the molecule is CCCNC(=O)Nc1cccc(OC(=O)c2ccc(Br)cc2)c1. The van der Waals surface area contributed by atoms with Crippen molar-refractivity contribution in [3.63, 3.8) is 0 Å². The summed E-state index contributed by atoms with van der Waals surface area (Å²) in [4.78, 5) is 23.7. The van der Waals surface area contributed by atoms with Gasteiger partial charge in [0.25, 0.3) is 0 Å². The van der Waals surface area contributed by atoms with E-state index in [0.29, 0.717) is 23.5 Å². The van der Waals surface area contributed by atoms with Crippen molar-refractivity contribution >= 4 is 33.6 Å². The van der Waals surface area contributed by atoms with Gasteiger partial charge in [-0.15, -0.1) is 0 Å². The third kappa shape index (κ3) is 5.41. The number of nitrogens with one attached hydrogen (secondary N) is 2.